The van der Waals surface area contributed by atoms with Crippen LogP contribution in [0.5, 0.6) is 5.75 Å². The Balaban J connectivity index is 2.11. The smallest absolute Gasteiger partial charge is 0.150 e. The summed E-state index contributed by atoms with van der Waals surface area (Å²) in [4.78, 5) is 0. The molecule has 0 spiro atoms. The molecule has 106 valence electrons. The van der Waals surface area contributed by atoms with Gasteiger partial charge in [-0.2, -0.15) is 0 Å². The second-order valence-electron chi connectivity index (χ2n) is 5.17. The molecule has 0 radical (unpaired) electrons. The fourth-order valence-electron chi connectivity index (χ4n) is 2.79. The molecule has 2 rings (SSSR count). The highest BCUT2D eigenvalue weighted by Crippen LogP contribution is 2.30. The predicted octanol–water partition coefficient (Wildman–Crippen LogP) is 1.25. The Morgan fingerprint density at radius 3 is 2.74 bits per heavy atom. The lowest BCUT2D eigenvalue weighted by molar-refractivity contribution is 0.358. The van der Waals surface area contributed by atoms with Gasteiger partial charge in [-0.25, -0.2) is 8.42 Å². The summed E-state index contributed by atoms with van der Waals surface area (Å²) in [5.74, 6) is 1.82. The molecule has 19 heavy (non-hydrogen) atoms. The van der Waals surface area contributed by atoms with Crippen molar-refractivity contribution in [3.8, 4) is 5.75 Å². The van der Waals surface area contributed by atoms with Crippen molar-refractivity contribution in [2.24, 2.45) is 17.6 Å². The van der Waals surface area contributed by atoms with Crippen LogP contribution >= 0.6 is 0 Å². The molecule has 1 saturated heterocycles. The second-order valence-corrected chi connectivity index (χ2v) is 7.40. The van der Waals surface area contributed by atoms with Gasteiger partial charge in [-0.3, -0.25) is 0 Å². The summed E-state index contributed by atoms with van der Waals surface area (Å²) in [7, 11) is -1.20. The number of ether oxygens (including phenoxy) is 1. The number of nitrogens with two attached hydrogens (primary N) is 1. The molecule has 0 bridgehead atoms. The van der Waals surface area contributed by atoms with Gasteiger partial charge in [0.05, 0.1) is 18.6 Å². The van der Waals surface area contributed by atoms with E-state index in [9.17, 15) is 8.42 Å². The molecule has 2 N–H and O–H groups in total. The van der Waals surface area contributed by atoms with Crippen LogP contribution in [-0.4, -0.2) is 33.6 Å². The van der Waals surface area contributed by atoms with Crippen molar-refractivity contribution in [3.05, 3.63) is 29.8 Å². The summed E-state index contributed by atoms with van der Waals surface area (Å²) in [5.41, 5.74) is 6.95. The molecule has 2 atom stereocenters. The molecular weight excluding hydrogens is 262 g/mol. The van der Waals surface area contributed by atoms with Gasteiger partial charge in [0.25, 0.3) is 0 Å². The van der Waals surface area contributed by atoms with Crippen LogP contribution in [0.2, 0.25) is 0 Å². The minimum Gasteiger partial charge on any atom is -0.496 e. The van der Waals surface area contributed by atoms with Crippen LogP contribution in [0.3, 0.4) is 0 Å². The van der Waals surface area contributed by atoms with E-state index in [1.54, 1.807) is 7.11 Å². The lowest BCUT2D eigenvalue weighted by Crippen LogP contribution is -2.26. The van der Waals surface area contributed by atoms with Gasteiger partial charge >= 0.3 is 0 Å². The fourth-order valence-corrected chi connectivity index (χ4v) is 4.71. The minimum atomic E-state index is -2.85. The highest BCUT2D eigenvalue weighted by molar-refractivity contribution is 7.91. The number of sulfone groups is 1. The maximum Gasteiger partial charge on any atom is 0.150 e. The third kappa shape index (κ3) is 3.48. The molecule has 0 saturated carbocycles. The van der Waals surface area contributed by atoms with Gasteiger partial charge < -0.3 is 10.5 Å². The topological polar surface area (TPSA) is 69.4 Å². The van der Waals surface area contributed by atoms with Crippen LogP contribution < -0.4 is 10.5 Å². The van der Waals surface area contributed by atoms with Gasteiger partial charge in [-0.05, 0) is 42.9 Å². The van der Waals surface area contributed by atoms with E-state index >= 15 is 0 Å². The van der Waals surface area contributed by atoms with E-state index in [-0.39, 0.29) is 17.6 Å². The Morgan fingerprint density at radius 1 is 1.42 bits per heavy atom. The molecule has 2 unspecified atom stereocenters. The Labute approximate surface area is 114 Å². The van der Waals surface area contributed by atoms with Crippen LogP contribution in [0.25, 0.3) is 0 Å². The first-order chi connectivity index (χ1) is 9.05. The van der Waals surface area contributed by atoms with Crippen molar-refractivity contribution in [3.63, 3.8) is 0 Å². The molecule has 5 heteroatoms. The molecule has 1 aliphatic rings. The van der Waals surface area contributed by atoms with Crippen LogP contribution in [0, 0.1) is 11.8 Å². The van der Waals surface area contributed by atoms with Gasteiger partial charge in [0, 0.05) is 0 Å². The zero-order valence-corrected chi connectivity index (χ0v) is 12.0. The van der Waals surface area contributed by atoms with Gasteiger partial charge in [0.2, 0.25) is 0 Å². The van der Waals surface area contributed by atoms with Crippen LogP contribution in [-0.2, 0) is 16.3 Å². The lowest BCUT2D eigenvalue weighted by Gasteiger charge is -2.21. The molecule has 1 aliphatic heterocycles. The predicted molar refractivity (Wildman–Crippen MR) is 76.0 cm³/mol. The summed E-state index contributed by atoms with van der Waals surface area (Å²) in [6.45, 7) is 0.512. The average molecular weight is 283 g/mol. The molecule has 1 heterocycles. The first-order valence-corrected chi connectivity index (χ1v) is 8.40. The van der Waals surface area contributed by atoms with Gasteiger partial charge in [-0.15, -0.1) is 0 Å². The number of rotatable bonds is 5. The largest absolute Gasteiger partial charge is 0.496 e. The molecule has 1 aromatic rings. The van der Waals surface area contributed by atoms with Crippen molar-refractivity contribution < 1.29 is 13.2 Å². The molecule has 0 aliphatic carbocycles. The Hall–Kier alpha value is -1.07. The standard InChI is InChI=1S/C14H21NO3S/c1-18-14-5-3-2-4-11(14)8-13(9-15)12-6-7-19(16,17)10-12/h2-5,12-13H,6-10,15H2,1H3. The average Bonchev–Trinajstić information content (AvgIpc) is 2.76. The summed E-state index contributed by atoms with van der Waals surface area (Å²) < 4.78 is 28.5. The van der Waals surface area contributed by atoms with E-state index in [1.165, 1.54) is 0 Å². The number of para-hydroxylation sites is 1. The van der Waals surface area contributed by atoms with Crippen molar-refractivity contribution in [1.82, 2.24) is 0 Å². The Bertz CT molecular complexity index is 527. The number of hydrogen-bond acceptors (Lipinski definition) is 4. The first kappa shape index (κ1) is 14.3. The zero-order valence-electron chi connectivity index (χ0n) is 11.2. The van der Waals surface area contributed by atoms with E-state index in [0.717, 1.165) is 24.2 Å². The van der Waals surface area contributed by atoms with E-state index in [1.807, 2.05) is 24.3 Å². The van der Waals surface area contributed by atoms with Crippen LogP contribution in [0.4, 0.5) is 0 Å². The van der Waals surface area contributed by atoms with Gasteiger partial charge in [0.15, 0.2) is 9.84 Å². The summed E-state index contributed by atoms with van der Waals surface area (Å²) in [5, 5.41) is 0. The zero-order chi connectivity index (χ0) is 13.9. The van der Waals surface area contributed by atoms with Crippen LogP contribution in [0.15, 0.2) is 24.3 Å². The van der Waals surface area contributed by atoms with Gasteiger partial charge in [0.1, 0.15) is 5.75 Å². The Morgan fingerprint density at radius 2 is 2.16 bits per heavy atom. The second kappa shape index (κ2) is 5.92. The third-order valence-corrected chi connectivity index (χ3v) is 5.71. The van der Waals surface area contributed by atoms with E-state index < -0.39 is 9.84 Å². The summed E-state index contributed by atoms with van der Waals surface area (Å²) >= 11 is 0. The van der Waals surface area contributed by atoms with Crippen molar-refractivity contribution in [2.45, 2.75) is 12.8 Å². The highest BCUT2D eigenvalue weighted by Gasteiger charge is 2.33. The molecular formula is C14H21NO3S. The molecule has 1 aromatic carbocycles. The number of hydrogen-bond donors (Lipinski definition) is 1. The quantitative estimate of drug-likeness (QED) is 0.883. The van der Waals surface area contributed by atoms with E-state index in [4.69, 9.17) is 10.5 Å². The lowest BCUT2D eigenvalue weighted by atomic mass is 9.86. The number of benzene rings is 1. The summed E-state index contributed by atoms with van der Waals surface area (Å²) in [6, 6.07) is 7.84. The van der Waals surface area contributed by atoms with Crippen molar-refractivity contribution >= 4 is 9.84 Å². The third-order valence-electron chi connectivity index (χ3n) is 3.91. The molecule has 0 amide bonds. The molecule has 0 aromatic heterocycles. The maximum atomic E-state index is 11.6. The van der Waals surface area contributed by atoms with Crippen LogP contribution in [0.1, 0.15) is 12.0 Å². The molecule has 4 nitrogen and oxygen atoms in total. The first-order valence-electron chi connectivity index (χ1n) is 6.58. The minimum absolute atomic E-state index is 0.180. The normalized spacial score (nSPS) is 23.2. The Kier molecular flexibility index (Phi) is 4.47. The fraction of sp³-hybridized carbons (Fsp3) is 0.571. The summed E-state index contributed by atoms with van der Waals surface area (Å²) in [6.07, 6.45) is 1.51. The van der Waals surface area contributed by atoms with E-state index in [2.05, 4.69) is 0 Å². The highest BCUT2D eigenvalue weighted by atomic mass is 32.2. The number of methoxy groups -OCH3 is 1. The SMILES string of the molecule is COc1ccccc1CC(CN)C1CCS(=O)(=O)C1. The van der Waals surface area contributed by atoms with E-state index in [0.29, 0.717) is 12.3 Å². The van der Waals surface area contributed by atoms with Gasteiger partial charge in [-0.1, -0.05) is 18.2 Å². The van der Waals surface area contributed by atoms with Crippen molar-refractivity contribution in [1.29, 1.82) is 0 Å². The van der Waals surface area contributed by atoms with Crippen molar-refractivity contribution in [2.75, 3.05) is 25.2 Å². The maximum absolute atomic E-state index is 11.6. The molecule has 1 fully saturated rings. The monoisotopic (exact) mass is 283 g/mol.